The molecule has 2 rings (SSSR count). The van der Waals surface area contributed by atoms with Gasteiger partial charge in [0.05, 0.1) is 23.1 Å². The van der Waals surface area contributed by atoms with E-state index in [1.54, 1.807) is 0 Å². The maximum atomic E-state index is 5.98. The summed E-state index contributed by atoms with van der Waals surface area (Å²) in [6.45, 7) is 2.58. The van der Waals surface area contributed by atoms with Crippen LogP contribution >= 0.6 is 23.2 Å². The zero-order valence-electron chi connectivity index (χ0n) is 10.3. The molecule has 0 amide bonds. The van der Waals surface area contributed by atoms with Gasteiger partial charge >= 0.3 is 0 Å². The molecule has 0 bridgehead atoms. The van der Waals surface area contributed by atoms with Crippen molar-refractivity contribution in [3.8, 4) is 0 Å². The number of hydrogen-bond donors (Lipinski definition) is 0. The van der Waals surface area contributed by atoms with Crippen LogP contribution in [0.25, 0.3) is 0 Å². The molecule has 0 saturated carbocycles. The molecule has 0 saturated heterocycles. The van der Waals surface area contributed by atoms with Gasteiger partial charge in [-0.05, 0) is 31.2 Å². The third kappa shape index (κ3) is 2.98. The van der Waals surface area contributed by atoms with Crippen molar-refractivity contribution in [2.75, 3.05) is 11.9 Å². The smallest absolute Gasteiger partial charge is 0.129 e. The van der Waals surface area contributed by atoms with Gasteiger partial charge in [0, 0.05) is 7.05 Å². The molecule has 0 atom stereocenters. The second-order valence-electron chi connectivity index (χ2n) is 4.10. The van der Waals surface area contributed by atoms with E-state index < -0.39 is 0 Å². The first-order chi connectivity index (χ1) is 8.60. The summed E-state index contributed by atoms with van der Waals surface area (Å²) in [4.78, 5) is 6.40. The van der Waals surface area contributed by atoms with Crippen molar-refractivity contribution in [2.45, 2.75) is 19.3 Å². The van der Waals surface area contributed by atoms with Crippen LogP contribution in [0.1, 0.15) is 17.2 Å². The number of aryl methyl sites for hydroxylation is 1. The van der Waals surface area contributed by atoms with Gasteiger partial charge in [-0.15, -0.1) is 11.6 Å². The van der Waals surface area contributed by atoms with E-state index in [1.165, 1.54) is 0 Å². The van der Waals surface area contributed by atoms with Crippen LogP contribution in [0.5, 0.6) is 0 Å². The Hall–Kier alpha value is -1.19. The molecule has 2 heterocycles. The lowest BCUT2D eigenvalue weighted by Crippen LogP contribution is -2.17. The molecule has 0 fully saturated rings. The van der Waals surface area contributed by atoms with E-state index in [-0.39, 0.29) is 0 Å². The third-order valence-corrected chi connectivity index (χ3v) is 3.21. The summed E-state index contributed by atoms with van der Waals surface area (Å²) in [5.41, 5.74) is 0.693. The van der Waals surface area contributed by atoms with Gasteiger partial charge in [-0.25, -0.2) is 4.98 Å². The van der Waals surface area contributed by atoms with Gasteiger partial charge in [0.2, 0.25) is 0 Å². The fourth-order valence-corrected chi connectivity index (χ4v) is 2.11. The Kier molecular flexibility index (Phi) is 4.15. The molecule has 18 heavy (non-hydrogen) atoms. The lowest BCUT2D eigenvalue weighted by atomic mass is 10.3. The van der Waals surface area contributed by atoms with E-state index in [2.05, 4.69) is 4.98 Å². The normalized spacial score (nSPS) is 10.7. The van der Waals surface area contributed by atoms with Gasteiger partial charge in [0.25, 0.3) is 0 Å². The number of rotatable bonds is 4. The Morgan fingerprint density at radius 1 is 1.28 bits per heavy atom. The first-order valence-electron chi connectivity index (χ1n) is 5.58. The molecule has 5 heteroatoms. The fourth-order valence-electron chi connectivity index (χ4n) is 1.66. The molecule has 0 N–H and O–H groups in total. The standard InChI is InChI=1S/C13H14Cl2N2O/c1-9-3-4-10(18-9)8-17(2)13-6-5-11(15)12(7-14)16-13/h3-6H,7-8H2,1-2H3. The van der Waals surface area contributed by atoms with Crippen molar-refractivity contribution >= 4 is 29.0 Å². The highest BCUT2D eigenvalue weighted by Crippen LogP contribution is 2.21. The van der Waals surface area contributed by atoms with Crippen LogP contribution in [0.4, 0.5) is 5.82 Å². The monoisotopic (exact) mass is 284 g/mol. The summed E-state index contributed by atoms with van der Waals surface area (Å²) >= 11 is 11.8. The number of aromatic nitrogens is 1. The lowest BCUT2D eigenvalue weighted by molar-refractivity contribution is 0.481. The Labute approximate surface area is 116 Å². The van der Waals surface area contributed by atoms with Crippen molar-refractivity contribution in [1.82, 2.24) is 4.98 Å². The van der Waals surface area contributed by atoms with E-state index in [1.807, 2.05) is 43.1 Å². The number of alkyl halides is 1. The number of hydrogen-bond acceptors (Lipinski definition) is 3. The highest BCUT2D eigenvalue weighted by molar-refractivity contribution is 6.32. The minimum absolute atomic E-state index is 0.306. The maximum absolute atomic E-state index is 5.98. The molecule has 0 spiro atoms. The zero-order valence-corrected chi connectivity index (χ0v) is 11.8. The first kappa shape index (κ1) is 13.2. The molecule has 0 aromatic carbocycles. The van der Waals surface area contributed by atoms with Crippen LogP contribution in [0.15, 0.2) is 28.7 Å². The highest BCUT2D eigenvalue weighted by atomic mass is 35.5. The quantitative estimate of drug-likeness (QED) is 0.795. The van der Waals surface area contributed by atoms with E-state index in [9.17, 15) is 0 Å². The number of nitrogens with zero attached hydrogens (tertiary/aromatic N) is 2. The summed E-state index contributed by atoms with van der Waals surface area (Å²) in [6, 6.07) is 7.59. The molecule has 0 unspecified atom stereocenters. The van der Waals surface area contributed by atoms with Gasteiger partial charge in [-0.2, -0.15) is 0 Å². The summed E-state index contributed by atoms with van der Waals surface area (Å²) in [5, 5.41) is 0.594. The Morgan fingerprint density at radius 2 is 2.06 bits per heavy atom. The van der Waals surface area contributed by atoms with Gasteiger partial charge in [0.1, 0.15) is 17.3 Å². The molecule has 3 nitrogen and oxygen atoms in total. The van der Waals surface area contributed by atoms with E-state index in [4.69, 9.17) is 27.6 Å². The van der Waals surface area contributed by atoms with Crippen molar-refractivity contribution in [1.29, 1.82) is 0 Å². The summed E-state index contributed by atoms with van der Waals surface area (Å²) in [7, 11) is 1.95. The Bertz CT molecular complexity index is 540. The van der Waals surface area contributed by atoms with Gasteiger partial charge in [-0.3, -0.25) is 0 Å². The number of furan rings is 1. The molecule has 0 radical (unpaired) electrons. The van der Waals surface area contributed by atoms with Crippen molar-refractivity contribution in [2.24, 2.45) is 0 Å². The van der Waals surface area contributed by atoms with Crippen LogP contribution in [0, 0.1) is 6.92 Å². The second kappa shape index (κ2) is 5.63. The van der Waals surface area contributed by atoms with Crippen LogP contribution in [-0.2, 0) is 12.4 Å². The highest BCUT2D eigenvalue weighted by Gasteiger charge is 2.09. The first-order valence-corrected chi connectivity index (χ1v) is 6.49. The molecule has 0 aliphatic carbocycles. The number of pyridine rings is 1. The Morgan fingerprint density at radius 3 is 2.67 bits per heavy atom. The predicted molar refractivity (Wildman–Crippen MR) is 74.4 cm³/mol. The maximum Gasteiger partial charge on any atom is 0.129 e. The average molecular weight is 285 g/mol. The largest absolute Gasteiger partial charge is 0.464 e. The summed E-state index contributed by atoms with van der Waals surface area (Å²) in [5.74, 6) is 2.94. The third-order valence-electron chi connectivity index (χ3n) is 2.61. The minimum atomic E-state index is 0.306. The molecule has 2 aromatic heterocycles. The average Bonchev–Trinajstić information content (AvgIpc) is 2.75. The van der Waals surface area contributed by atoms with Gasteiger partial charge < -0.3 is 9.32 Å². The molecular formula is C13H14Cl2N2O. The summed E-state index contributed by atoms with van der Waals surface area (Å²) in [6.07, 6.45) is 0. The zero-order chi connectivity index (χ0) is 13.1. The Balaban J connectivity index is 2.15. The lowest BCUT2D eigenvalue weighted by Gasteiger charge is -2.17. The number of halogens is 2. The van der Waals surface area contributed by atoms with Crippen molar-refractivity contribution in [3.05, 3.63) is 46.5 Å². The van der Waals surface area contributed by atoms with Crippen molar-refractivity contribution in [3.63, 3.8) is 0 Å². The van der Waals surface area contributed by atoms with Gasteiger partial charge in [0.15, 0.2) is 0 Å². The van der Waals surface area contributed by atoms with Crippen LogP contribution in [-0.4, -0.2) is 12.0 Å². The predicted octanol–water partition coefficient (Wildman–Crippen LogP) is 4.01. The molecule has 0 aliphatic rings. The molecular weight excluding hydrogens is 271 g/mol. The van der Waals surface area contributed by atoms with E-state index in [0.29, 0.717) is 23.1 Å². The van der Waals surface area contributed by atoms with Crippen LogP contribution < -0.4 is 4.90 Å². The fraction of sp³-hybridized carbons (Fsp3) is 0.308. The van der Waals surface area contributed by atoms with E-state index in [0.717, 1.165) is 17.3 Å². The molecule has 96 valence electrons. The SMILES string of the molecule is Cc1ccc(CN(C)c2ccc(Cl)c(CCl)n2)o1. The van der Waals surface area contributed by atoms with Crippen molar-refractivity contribution < 1.29 is 4.42 Å². The second-order valence-corrected chi connectivity index (χ2v) is 4.77. The van der Waals surface area contributed by atoms with Crippen LogP contribution in [0.3, 0.4) is 0 Å². The topological polar surface area (TPSA) is 29.3 Å². The van der Waals surface area contributed by atoms with Crippen LogP contribution in [0.2, 0.25) is 5.02 Å². The molecule has 2 aromatic rings. The molecule has 0 aliphatic heterocycles. The van der Waals surface area contributed by atoms with E-state index >= 15 is 0 Å². The number of anilines is 1. The van der Waals surface area contributed by atoms with Gasteiger partial charge in [-0.1, -0.05) is 11.6 Å². The summed E-state index contributed by atoms with van der Waals surface area (Å²) < 4.78 is 5.53. The minimum Gasteiger partial charge on any atom is -0.464 e.